The second kappa shape index (κ2) is 12.5. The summed E-state index contributed by atoms with van der Waals surface area (Å²) in [7, 11) is 0. The molecule has 1 aliphatic heterocycles. The van der Waals surface area contributed by atoms with Gasteiger partial charge in [-0.1, -0.05) is 46.3 Å². The Hall–Kier alpha value is -0.700. The molecular formula is C36H62O11. The number of fused-ring (bicyclic) bond motifs is 5. The minimum Gasteiger partial charge on any atom is -0.394 e. The quantitative estimate of drug-likeness (QED) is 0.139. The van der Waals surface area contributed by atoms with Crippen LogP contribution in [0.3, 0.4) is 0 Å². The molecule has 5 rings (SSSR count). The van der Waals surface area contributed by atoms with Crippen molar-refractivity contribution in [3.05, 3.63) is 11.6 Å². The molecule has 0 aromatic heterocycles. The number of ether oxygens (including phenoxy) is 2. The molecule has 47 heavy (non-hydrogen) atoms. The average Bonchev–Trinajstić information content (AvgIpc) is 3.35. The largest absolute Gasteiger partial charge is 0.394 e. The van der Waals surface area contributed by atoms with Crippen LogP contribution in [0.5, 0.6) is 0 Å². The van der Waals surface area contributed by atoms with Gasteiger partial charge in [0.2, 0.25) is 0 Å². The van der Waals surface area contributed by atoms with Crippen LogP contribution in [0.15, 0.2) is 11.6 Å². The summed E-state index contributed by atoms with van der Waals surface area (Å²) >= 11 is 0. The number of hydrogen-bond acceptors (Lipinski definition) is 11. The van der Waals surface area contributed by atoms with Gasteiger partial charge in [0.25, 0.3) is 0 Å². The Morgan fingerprint density at radius 3 is 2.17 bits per heavy atom. The molecule has 17 atom stereocenters. The van der Waals surface area contributed by atoms with E-state index < -0.39 is 78.8 Å². The van der Waals surface area contributed by atoms with Crippen LogP contribution in [-0.4, -0.2) is 119 Å². The lowest BCUT2D eigenvalue weighted by atomic mass is 9.34. The Morgan fingerprint density at radius 1 is 0.936 bits per heavy atom. The van der Waals surface area contributed by atoms with Crippen LogP contribution in [-0.2, 0) is 9.47 Å². The van der Waals surface area contributed by atoms with Crippen molar-refractivity contribution in [2.45, 2.75) is 161 Å². The maximum Gasteiger partial charge on any atom is 0.186 e. The van der Waals surface area contributed by atoms with Crippen molar-refractivity contribution in [1.82, 2.24) is 0 Å². The summed E-state index contributed by atoms with van der Waals surface area (Å²) in [4.78, 5) is 0. The van der Waals surface area contributed by atoms with Gasteiger partial charge in [-0.3, -0.25) is 0 Å². The van der Waals surface area contributed by atoms with Crippen molar-refractivity contribution in [2.75, 3.05) is 6.61 Å². The molecule has 1 heterocycles. The van der Waals surface area contributed by atoms with Gasteiger partial charge in [0.1, 0.15) is 36.6 Å². The summed E-state index contributed by atoms with van der Waals surface area (Å²) in [5, 5.41) is 96.9. The molecule has 0 spiro atoms. The molecule has 11 nitrogen and oxygen atoms in total. The third kappa shape index (κ3) is 5.77. The summed E-state index contributed by atoms with van der Waals surface area (Å²) in [5.74, 6) is -0.338. The first-order valence-electron chi connectivity index (χ1n) is 17.6. The smallest absolute Gasteiger partial charge is 0.186 e. The fourth-order valence-electron chi connectivity index (χ4n) is 11.8. The summed E-state index contributed by atoms with van der Waals surface area (Å²) < 4.78 is 12.6. The van der Waals surface area contributed by atoms with Crippen LogP contribution in [0.1, 0.15) is 93.9 Å². The first-order valence-corrected chi connectivity index (χ1v) is 17.6. The zero-order chi connectivity index (χ0) is 35.2. The highest BCUT2D eigenvalue weighted by molar-refractivity contribution is 5.24. The van der Waals surface area contributed by atoms with E-state index in [-0.39, 0.29) is 39.9 Å². The van der Waals surface area contributed by atoms with Crippen LogP contribution >= 0.6 is 0 Å². The lowest BCUT2D eigenvalue weighted by Crippen LogP contribution is -2.70. The normalized spacial score (nSPS) is 51.5. The molecule has 0 radical (unpaired) electrons. The first kappa shape index (κ1) is 37.6. The van der Waals surface area contributed by atoms with Crippen molar-refractivity contribution in [2.24, 2.45) is 45.3 Å². The number of allylic oxidation sites excluding steroid dienone is 1. The summed E-state index contributed by atoms with van der Waals surface area (Å²) in [5.41, 5.74) is -2.34. The zero-order valence-corrected chi connectivity index (χ0v) is 29.5. The molecule has 9 N–H and O–H groups in total. The lowest BCUT2D eigenvalue weighted by molar-refractivity contribution is -0.346. The van der Waals surface area contributed by atoms with Crippen LogP contribution < -0.4 is 0 Å². The number of aliphatic hydroxyl groups is 9. The molecule has 0 aromatic rings. The minimum absolute atomic E-state index is 0.0589. The van der Waals surface area contributed by atoms with Gasteiger partial charge in [-0.15, -0.1) is 0 Å². The van der Waals surface area contributed by atoms with Crippen molar-refractivity contribution in [3.8, 4) is 0 Å². The standard InChI is InChI=1S/C36H62O11/c1-17(13-20(39)30(44)33(4,5)45)18-9-12-35(7)25(18)19(38)14-23-34(6)11-10-24(40)32(2,3)29(34)21(15-36(23,35)8)46-31-28(43)27(42)26(41)22(16-37)47-31/h13,18-31,37-45H,9-12,14-16H2,1-8H3/t18-,19-,20+,21+,22-,23-,24+,25+,26-,27+,28-,29+,30-,31-,34-,35-,36-/m1/s1. The van der Waals surface area contributed by atoms with E-state index in [1.165, 1.54) is 13.8 Å². The second-order valence-corrected chi connectivity index (χ2v) is 17.8. The molecule has 5 fully saturated rings. The van der Waals surface area contributed by atoms with Crippen molar-refractivity contribution in [3.63, 3.8) is 0 Å². The van der Waals surface area contributed by atoms with Gasteiger partial charge in [0.05, 0.1) is 30.5 Å². The summed E-state index contributed by atoms with van der Waals surface area (Å²) in [6.45, 7) is 15.1. The maximum absolute atomic E-state index is 12.1. The van der Waals surface area contributed by atoms with Crippen molar-refractivity contribution in [1.29, 1.82) is 0 Å². The van der Waals surface area contributed by atoms with Crippen molar-refractivity contribution < 1.29 is 55.4 Å². The molecule has 0 unspecified atom stereocenters. The first-order chi connectivity index (χ1) is 21.6. The molecule has 4 saturated carbocycles. The predicted molar refractivity (Wildman–Crippen MR) is 172 cm³/mol. The minimum atomic E-state index is -1.57. The number of rotatable bonds is 7. The van der Waals surface area contributed by atoms with Crippen LogP contribution in [0, 0.1) is 45.3 Å². The Kier molecular flexibility index (Phi) is 10.00. The van der Waals surface area contributed by atoms with Gasteiger partial charge in [-0.25, -0.2) is 0 Å². The van der Waals surface area contributed by atoms with Crippen molar-refractivity contribution >= 4 is 0 Å². The molecule has 5 aliphatic rings. The van der Waals surface area contributed by atoms with Gasteiger partial charge in [0.15, 0.2) is 6.29 Å². The second-order valence-electron chi connectivity index (χ2n) is 17.8. The van der Waals surface area contributed by atoms with E-state index in [0.717, 1.165) is 18.4 Å². The average molecular weight is 671 g/mol. The highest BCUT2D eigenvalue weighted by Crippen LogP contribution is 2.76. The molecule has 272 valence electrons. The van der Waals surface area contributed by atoms with Gasteiger partial charge >= 0.3 is 0 Å². The third-order valence-electron chi connectivity index (χ3n) is 14.5. The molecule has 4 aliphatic carbocycles. The van der Waals surface area contributed by atoms with E-state index in [1.54, 1.807) is 6.08 Å². The van der Waals surface area contributed by atoms with E-state index >= 15 is 0 Å². The van der Waals surface area contributed by atoms with Gasteiger partial charge in [-0.2, -0.15) is 0 Å². The SMILES string of the molecule is CC(=C[C@H](O)[C@@H](O)C(C)(C)O)[C@H]1CC[C@]2(C)[C@@H]1[C@H](O)C[C@@H]1[C@@]3(C)CC[C@H](O)C(C)(C)[C@@H]3[C@@H](O[C@@H]3O[C@H](CO)[C@@H](O)[C@H](O)[C@H]3O)C[C@]12C. The van der Waals surface area contributed by atoms with Gasteiger partial charge in [-0.05, 0) is 105 Å². The molecule has 1 saturated heterocycles. The molecule has 0 aromatic carbocycles. The Labute approximate surface area is 279 Å². The number of hydrogen-bond donors (Lipinski definition) is 9. The lowest BCUT2D eigenvalue weighted by Gasteiger charge is -2.72. The summed E-state index contributed by atoms with van der Waals surface area (Å²) in [6.07, 6.45) is -5.82. The van der Waals surface area contributed by atoms with Crippen LogP contribution in [0.4, 0.5) is 0 Å². The van der Waals surface area contributed by atoms with E-state index in [2.05, 4.69) is 20.8 Å². The Morgan fingerprint density at radius 2 is 1.57 bits per heavy atom. The molecule has 0 amide bonds. The summed E-state index contributed by atoms with van der Waals surface area (Å²) in [6, 6.07) is 0. The van der Waals surface area contributed by atoms with Crippen LogP contribution in [0.2, 0.25) is 0 Å². The fraction of sp³-hybridized carbons (Fsp3) is 0.944. The molecule has 11 heteroatoms. The highest BCUT2D eigenvalue weighted by Gasteiger charge is 2.72. The monoisotopic (exact) mass is 670 g/mol. The van der Waals surface area contributed by atoms with Gasteiger partial charge < -0.3 is 55.4 Å². The fourth-order valence-corrected chi connectivity index (χ4v) is 11.8. The van der Waals surface area contributed by atoms with E-state index in [4.69, 9.17) is 9.47 Å². The molecular weight excluding hydrogens is 608 g/mol. The van der Waals surface area contributed by atoms with E-state index in [9.17, 15) is 46.0 Å². The van der Waals surface area contributed by atoms with Crippen LogP contribution in [0.25, 0.3) is 0 Å². The maximum atomic E-state index is 12.1. The number of aliphatic hydroxyl groups excluding tert-OH is 8. The van der Waals surface area contributed by atoms with E-state index in [1.807, 2.05) is 20.8 Å². The zero-order valence-electron chi connectivity index (χ0n) is 29.5. The predicted octanol–water partition coefficient (Wildman–Crippen LogP) is 1.24. The topological polar surface area (TPSA) is 201 Å². The third-order valence-corrected chi connectivity index (χ3v) is 14.5. The highest BCUT2D eigenvalue weighted by atomic mass is 16.7. The Balaban J connectivity index is 1.54. The molecule has 0 bridgehead atoms. The van der Waals surface area contributed by atoms with Gasteiger partial charge in [0, 0.05) is 0 Å². The Bertz CT molecular complexity index is 1170. The van der Waals surface area contributed by atoms with E-state index in [0.29, 0.717) is 25.7 Å².